The molecule has 0 radical (unpaired) electrons. The maximum absolute atomic E-state index is 14.5. The smallest absolute Gasteiger partial charge is 0.255 e. The molecule has 0 aliphatic rings. The lowest BCUT2D eigenvalue weighted by molar-refractivity contribution is 0.102. The summed E-state index contributed by atoms with van der Waals surface area (Å²) in [6.07, 6.45) is 1.07. The van der Waals surface area contributed by atoms with Gasteiger partial charge in [-0.15, -0.1) is 0 Å². The number of aryl methyl sites for hydroxylation is 1. The number of nitrogens with zero attached hydrogens (tertiary/aromatic N) is 1. The molecule has 0 aliphatic heterocycles. The van der Waals surface area contributed by atoms with Crippen LogP contribution in [0.25, 0.3) is 11.1 Å². The lowest BCUT2D eigenvalue weighted by Crippen LogP contribution is -2.26. The van der Waals surface area contributed by atoms with Crippen LogP contribution in [-0.2, 0) is 10.0 Å². The fourth-order valence-corrected chi connectivity index (χ4v) is 3.41. The molecule has 0 saturated carbocycles. The normalized spacial score (nSPS) is 11.2. The standard InChI is InChI=1S/C22H21FN2O3S/c1-15-9-11-18(19(23)13-15)17-10-12-21(25(2)29(3,27)28)20(14-17)24-22(26)16-7-5-4-6-8-16/h4-14H,1-3H3,(H,24,26). The molecule has 3 rings (SSSR count). The largest absolute Gasteiger partial charge is 0.320 e. The van der Waals surface area contributed by atoms with Gasteiger partial charge < -0.3 is 5.32 Å². The van der Waals surface area contributed by atoms with Crippen LogP contribution in [0.4, 0.5) is 15.8 Å². The first kappa shape index (κ1) is 20.5. The van der Waals surface area contributed by atoms with Crippen molar-refractivity contribution in [1.29, 1.82) is 0 Å². The predicted octanol–water partition coefficient (Wildman–Crippen LogP) is 4.45. The Morgan fingerprint density at radius 2 is 1.69 bits per heavy atom. The zero-order chi connectivity index (χ0) is 21.2. The highest BCUT2D eigenvalue weighted by atomic mass is 32.2. The Labute approximate surface area is 169 Å². The van der Waals surface area contributed by atoms with E-state index in [1.54, 1.807) is 67.6 Å². The van der Waals surface area contributed by atoms with E-state index in [2.05, 4.69) is 5.32 Å². The molecule has 3 aromatic rings. The van der Waals surface area contributed by atoms with Gasteiger partial charge in [0.2, 0.25) is 10.0 Å². The highest BCUT2D eigenvalue weighted by Gasteiger charge is 2.19. The monoisotopic (exact) mass is 412 g/mol. The van der Waals surface area contributed by atoms with E-state index in [1.807, 2.05) is 0 Å². The molecule has 0 saturated heterocycles. The molecule has 1 N–H and O–H groups in total. The third kappa shape index (κ3) is 4.63. The SMILES string of the molecule is Cc1ccc(-c2ccc(N(C)S(C)(=O)=O)c(NC(=O)c3ccccc3)c2)c(F)c1. The molecule has 0 unspecified atom stereocenters. The quantitative estimate of drug-likeness (QED) is 0.673. The summed E-state index contributed by atoms with van der Waals surface area (Å²) in [4.78, 5) is 12.6. The van der Waals surface area contributed by atoms with E-state index in [1.165, 1.54) is 13.1 Å². The van der Waals surface area contributed by atoms with Gasteiger partial charge in [0.25, 0.3) is 5.91 Å². The Bertz CT molecular complexity index is 1160. The van der Waals surface area contributed by atoms with Gasteiger partial charge >= 0.3 is 0 Å². The number of nitrogens with one attached hydrogen (secondary N) is 1. The van der Waals surface area contributed by atoms with Crippen molar-refractivity contribution in [3.63, 3.8) is 0 Å². The average Bonchev–Trinajstić information content (AvgIpc) is 2.67. The number of benzene rings is 3. The van der Waals surface area contributed by atoms with Gasteiger partial charge in [-0.2, -0.15) is 0 Å². The van der Waals surface area contributed by atoms with Gasteiger partial charge in [-0.25, -0.2) is 12.8 Å². The number of rotatable bonds is 5. The topological polar surface area (TPSA) is 66.5 Å². The third-order valence-electron chi connectivity index (χ3n) is 4.55. The van der Waals surface area contributed by atoms with Crippen LogP contribution in [0.3, 0.4) is 0 Å². The molecule has 0 fully saturated rings. The Kier molecular flexibility index (Phi) is 5.70. The van der Waals surface area contributed by atoms with Crippen LogP contribution >= 0.6 is 0 Å². The van der Waals surface area contributed by atoms with Crippen molar-refractivity contribution in [1.82, 2.24) is 0 Å². The van der Waals surface area contributed by atoms with Gasteiger partial charge in [0, 0.05) is 18.2 Å². The molecule has 0 atom stereocenters. The molecule has 3 aromatic carbocycles. The van der Waals surface area contributed by atoms with E-state index in [0.717, 1.165) is 16.1 Å². The first-order valence-corrected chi connectivity index (χ1v) is 10.7. The summed E-state index contributed by atoms with van der Waals surface area (Å²) < 4.78 is 39.6. The van der Waals surface area contributed by atoms with E-state index in [-0.39, 0.29) is 11.4 Å². The highest BCUT2D eigenvalue weighted by Crippen LogP contribution is 2.33. The summed E-state index contributed by atoms with van der Waals surface area (Å²) in [5, 5.41) is 2.75. The second-order valence-electron chi connectivity index (χ2n) is 6.77. The van der Waals surface area contributed by atoms with Gasteiger partial charge in [0.1, 0.15) is 5.82 Å². The Morgan fingerprint density at radius 3 is 2.31 bits per heavy atom. The molecule has 0 heterocycles. The molecule has 150 valence electrons. The summed E-state index contributed by atoms with van der Waals surface area (Å²) >= 11 is 0. The molecule has 7 heteroatoms. The van der Waals surface area contributed by atoms with Gasteiger partial charge in [0.05, 0.1) is 17.6 Å². The zero-order valence-electron chi connectivity index (χ0n) is 16.3. The second kappa shape index (κ2) is 8.05. The number of carbonyl (C=O) groups excluding carboxylic acids is 1. The lowest BCUT2D eigenvalue weighted by atomic mass is 10.0. The number of amides is 1. The number of sulfonamides is 1. The molecule has 29 heavy (non-hydrogen) atoms. The van der Waals surface area contributed by atoms with Gasteiger partial charge in [0.15, 0.2) is 0 Å². The van der Waals surface area contributed by atoms with Crippen LogP contribution in [0.5, 0.6) is 0 Å². The average molecular weight is 412 g/mol. The Morgan fingerprint density at radius 1 is 1.00 bits per heavy atom. The number of hydrogen-bond acceptors (Lipinski definition) is 3. The van der Waals surface area contributed by atoms with Gasteiger partial charge in [-0.1, -0.05) is 36.4 Å². The summed E-state index contributed by atoms with van der Waals surface area (Å²) in [7, 11) is -2.16. The maximum Gasteiger partial charge on any atom is 0.255 e. The van der Waals surface area contributed by atoms with Gasteiger partial charge in [-0.05, 0) is 48.4 Å². The van der Waals surface area contributed by atoms with Crippen LogP contribution in [0.15, 0.2) is 66.7 Å². The third-order valence-corrected chi connectivity index (χ3v) is 5.74. The summed E-state index contributed by atoms with van der Waals surface area (Å²) in [6.45, 7) is 1.79. The van der Waals surface area contributed by atoms with Crippen molar-refractivity contribution in [2.24, 2.45) is 0 Å². The lowest BCUT2D eigenvalue weighted by Gasteiger charge is -2.21. The Balaban J connectivity index is 2.09. The van der Waals surface area contributed by atoms with E-state index in [9.17, 15) is 17.6 Å². The molecule has 5 nitrogen and oxygen atoms in total. The fraction of sp³-hybridized carbons (Fsp3) is 0.136. The van der Waals surface area contributed by atoms with Crippen molar-refractivity contribution in [3.8, 4) is 11.1 Å². The van der Waals surface area contributed by atoms with E-state index >= 15 is 0 Å². The molecular weight excluding hydrogens is 391 g/mol. The predicted molar refractivity (Wildman–Crippen MR) is 114 cm³/mol. The van der Waals surface area contributed by atoms with Crippen LogP contribution in [0, 0.1) is 12.7 Å². The van der Waals surface area contributed by atoms with Crippen LogP contribution < -0.4 is 9.62 Å². The van der Waals surface area contributed by atoms with Crippen molar-refractivity contribution >= 4 is 27.3 Å². The van der Waals surface area contributed by atoms with Crippen LogP contribution in [0.1, 0.15) is 15.9 Å². The highest BCUT2D eigenvalue weighted by molar-refractivity contribution is 7.92. The van der Waals surface area contributed by atoms with Crippen molar-refractivity contribution in [2.45, 2.75) is 6.92 Å². The minimum Gasteiger partial charge on any atom is -0.320 e. The van der Waals surface area contributed by atoms with Crippen molar-refractivity contribution in [3.05, 3.63) is 83.7 Å². The molecule has 0 bridgehead atoms. The molecule has 0 aromatic heterocycles. The second-order valence-corrected chi connectivity index (χ2v) is 8.78. The van der Waals surface area contributed by atoms with Crippen molar-refractivity contribution < 1.29 is 17.6 Å². The molecule has 0 spiro atoms. The van der Waals surface area contributed by atoms with E-state index in [0.29, 0.717) is 16.7 Å². The molecule has 0 aliphatic carbocycles. The van der Waals surface area contributed by atoms with E-state index in [4.69, 9.17) is 0 Å². The van der Waals surface area contributed by atoms with Crippen molar-refractivity contribution in [2.75, 3.05) is 22.9 Å². The number of carbonyl (C=O) groups is 1. The summed E-state index contributed by atoms with van der Waals surface area (Å²) in [5.74, 6) is -0.787. The van der Waals surface area contributed by atoms with E-state index < -0.39 is 21.7 Å². The van der Waals surface area contributed by atoms with Gasteiger partial charge in [-0.3, -0.25) is 9.10 Å². The maximum atomic E-state index is 14.5. The zero-order valence-corrected chi connectivity index (χ0v) is 17.1. The minimum atomic E-state index is -3.56. The molecular formula is C22H21FN2O3S. The summed E-state index contributed by atoms with van der Waals surface area (Å²) in [5.41, 5.74) is 2.65. The summed E-state index contributed by atoms with van der Waals surface area (Å²) in [6, 6.07) is 18.2. The first-order chi connectivity index (χ1) is 13.7. The number of anilines is 2. The number of hydrogen-bond donors (Lipinski definition) is 1. The first-order valence-electron chi connectivity index (χ1n) is 8.87. The fourth-order valence-electron chi connectivity index (χ4n) is 2.90. The van der Waals surface area contributed by atoms with Crippen LogP contribution in [-0.4, -0.2) is 27.6 Å². The van der Waals surface area contributed by atoms with Crippen LogP contribution in [0.2, 0.25) is 0 Å². The minimum absolute atomic E-state index is 0.268. The number of halogens is 1. The molecule has 1 amide bonds. The Hall–Kier alpha value is -3.19.